The van der Waals surface area contributed by atoms with E-state index in [1.165, 1.54) is 11.1 Å². The maximum atomic E-state index is 10.8. The van der Waals surface area contributed by atoms with Gasteiger partial charge in [0.2, 0.25) is 6.79 Å². The van der Waals surface area contributed by atoms with Crippen LogP contribution in [0.15, 0.2) is 24.3 Å². The van der Waals surface area contributed by atoms with E-state index in [1.54, 1.807) is 7.11 Å². The van der Waals surface area contributed by atoms with Crippen LogP contribution in [0.3, 0.4) is 0 Å². The van der Waals surface area contributed by atoms with Crippen molar-refractivity contribution >= 4 is 0 Å². The molecule has 1 aromatic rings. The van der Waals surface area contributed by atoms with E-state index in [1.807, 2.05) is 0 Å². The topological polar surface area (TPSA) is 51.2 Å². The van der Waals surface area contributed by atoms with Crippen molar-refractivity contribution in [3.8, 4) is 11.5 Å². The molecule has 1 aromatic carbocycles. The lowest BCUT2D eigenvalue weighted by atomic mass is 9.65. The molecule has 5 nitrogen and oxygen atoms in total. The van der Waals surface area contributed by atoms with Crippen molar-refractivity contribution in [3.05, 3.63) is 35.4 Å². The number of methoxy groups -OCH3 is 1. The number of aliphatic hydroxyl groups is 1. The quantitative estimate of drug-likeness (QED) is 0.790. The highest BCUT2D eigenvalue weighted by Crippen LogP contribution is 2.53. The minimum absolute atomic E-state index is 0.126. The predicted molar refractivity (Wildman–Crippen MR) is 79.0 cm³/mol. The molecule has 0 aromatic heterocycles. The smallest absolute Gasteiger partial charge is 0.231 e. The van der Waals surface area contributed by atoms with E-state index >= 15 is 0 Å². The van der Waals surface area contributed by atoms with Gasteiger partial charge in [-0.2, -0.15) is 0 Å². The van der Waals surface area contributed by atoms with Crippen LogP contribution >= 0.6 is 0 Å². The third-order valence-corrected chi connectivity index (χ3v) is 5.73. The van der Waals surface area contributed by atoms with Gasteiger partial charge in [-0.3, -0.25) is 4.90 Å². The lowest BCUT2D eigenvalue weighted by molar-refractivity contribution is 0.0660. The summed E-state index contributed by atoms with van der Waals surface area (Å²) in [4.78, 5) is 2.38. The van der Waals surface area contributed by atoms with Crippen LogP contribution in [-0.2, 0) is 16.7 Å². The molecule has 3 heterocycles. The molecule has 2 bridgehead atoms. The van der Waals surface area contributed by atoms with Crippen molar-refractivity contribution in [1.82, 2.24) is 4.90 Å². The molecule has 0 saturated carbocycles. The highest BCUT2D eigenvalue weighted by Gasteiger charge is 2.58. The number of rotatable bonds is 1. The van der Waals surface area contributed by atoms with Crippen molar-refractivity contribution < 1.29 is 19.3 Å². The first-order chi connectivity index (χ1) is 10.7. The summed E-state index contributed by atoms with van der Waals surface area (Å²) in [6.45, 7) is 1.83. The average molecular weight is 301 g/mol. The van der Waals surface area contributed by atoms with Gasteiger partial charge in [0.1, 0.15) is 0 Å². The first kappa shape index (κ1) is 12.9. The molecular weight excluding hydrogens is 282 g/mol. The van der Waals surface area contributed by atoms with Crippen LogP contribution in [0.2, 0.25) is 0 Å². The van der Waals surface area contributed by atoms with Gasteiger partial charge in [-0.15, -0.1) is 0 Å². The maximum Gasteiger partial charge on any atom is 0.231 e. The molecule has 1 aliphatic carbocycles. The van der Waals surface area contributed by atoms with Crippen molar-refractivity contribution in [1.29, 1.82) is 0 Å². The third kappa shape index (κ3) is 1.44. The molecule has 22 heavy (non-hydrogen) atoms. The largest absolute Gasteiger partial charge is 0.454 e. The fourth-order valence-corrected chi connectivity index (χ4v) is 4.69. The van der Waals surface area contributed by atoms with Crippen LogP contribution in [0.4, 0.5) is 0 Å². The molecule has 1 fully saturated rings. The number of nitrogens with zero attached hydrogens (tertiary/aromatic N) is 1. The first-order valence-corrected chi connectivity index (χ1v) is 7.79. The van der Waals surface area contributed by atoms with Crippen molar-refractivity contribution in [2.24, 2.45) is 0 Å². The lowest BCUT2D eigenvalue weighted by Gasteiger charge is -2.46. The van der Waals surface area contributed by atoms with E-state index in [-0.39, 0.29) is 24.4 Å². The summed E-state index contributed by atoms with van der Waals surface area (Å²) in [5, 5.41) is 10.8. The van der Waals surface area contributed by atoms with Crippen LogP contribution in [-0.4, -0.2) is 48.7 Å². The summed E-state index contributed by atoms with van der Waals surface area (Å²) in [7, 11) is 1.75. The predicted octanol–water partition coefficient (Wildman–Crippen LogP) is 1.19. The SMILES string of the molecule is CO[C@H]1C=C[C@]23c4cc5c(cc4CN(C[C@H]2O)C3C1)OCO5. The Kier molecular flexibility index (Phi) is 2.50. The van der Waals surface area contributed by atoms with Crippen molar-refractivity contribution in [2.75, 3.05) is 20.4 Å². The van der Waals surface area contributed by atoms with Gasteiger partial charge in [-0.05, 0) is 29.7 Å². The number of ether oxygens (including phenoxy) is 3. The standard InChI is InChI=1S/C17H19NO4/c1-20-11-2-3-17-12-6-14-13(21-9-22-14)4-10(12)7-18(8-16(17)19)15(17)5-11/h2-4,6,11,15-16,19H,5,7-9H2,1H3/t11-,15?,16+,17+/m0/s1. The Morgan fingerprint density at radius 2 is 2.14 bits per heavy atom. The molecule has 0 amide bonds. The van der Waals surface area contributed by atoms with Crippen LogP contribution in [0.25, 0.3) is 0 Å². The van der Waals surface area contributed by atoms with Gasteiger partial charge >= 0.3 is 0 Å². The number of aliphatic hydroxyl groups excluding tert-OH is 1. The van der Waals surface area contributed by atoms with E-state index in [2.05, 4.69) is 29.2 Å². The van der Waals surface area contributed by atoms with Gasteiger partial charge in [0.25, 0.3) is 0 Å². The van der Waals surface area contributed by atoms with Gasteiger partial charge in [0, 0.05) is 26.2 Å². The van der Waals surface area contributed by atoms with E-state index in [4.69, 9.17) is 14.2 Å². The second kappa shape index (κ2) is 4.25. The zero-order valence-corrected chi connectivity index (χ0v) is 12.5. The summed E-state index contributed by atoms with van der Waals surface area (Å²) in [5.74, 6) is 1.61. The van der Waals surface area contributed by atoms with Crippen molar-refractivity contribution in [3.63, 3.8) is 0 Å². The third-order valence-electron chi connectivity index (χ3n) is 5.73. The minimum atomic E-state index is -0.395. The molecule has 116 valence electrons. The fraction of sp³-hybridized carbons (Fsp3) is 0.529. The zero-order chi connectivity index (χ0) is 14.9. The Hall–Kier alpha value is -1.56. The fourth-order valence-electron chi connectivity index (χ4n) is 4.69. The van der Waals surface area contributed by atoms with Crippen LogP contribution < -0.4 is 9.47 Å². The van der Waals surface area contributed by atoms with Gasteiger partial charge < -0.3 is 19.3 Å². The molecule has 4 aliphatic rings. The first-order valence-electron chi connectivity index (χ1n) is 7.79. The molecule has 1 N–H and O–H groups in total. The normalized spacial score (nSPS) is 40.5. The van der Waals surface area contributed by atoms with E-state index in [0.717, 1.165) is 24.5 Å². The number of benzene rings is 1. The summed E-state index contributed by atoms with van der Waals surface area (Å²) in [5.41, 5.74) is 2.08. The van der Waals surface area contributed by atoms with E-state index in [9.17, 15) is 5.11 Å². The Balaban J connectivity index is 1.72. The summed E-state index contributed by atoms with van der Waals surface area (Å²) in [6, 6.07) is 4.44. The second-order valence-electron chi connectivity index (χ2n) is 6.63. The molecule has 2 unspecified atom stereocenters. The van der Waals surface area contributed by atoms with Crippen LogP contribution in [0.1, 0.15) is 17.5 Å². The van der Waals surface area contributed by atoms with E-state index < -0.39 is 6.10 Å². The minimum Gasteiger partial charge on any atom is -0.454 e. The Labute approximate surface area is 129 Å². The maximum absolute atomic E-state index is 10.8. The monoisotopic (exact) mass is 301 g/mol. The summed E-state index contributed by atoms with van der Waals surface area (Å²) < 4.78 is 16.6. The molecule has 1 saturated heterocycles. The van der Waals surface area contributed by atoms with Gasteiger partial charge in [-0.1, -0.05) is 12.2 Å². The highest BCUT2D eigenvalue weighted by atomic mass is 16.7. The van der Waals surface area contributed by atoms with Gasteiger partial charge in [0.15, 0.2) is 11.5 Å². The highest BCUT2D eigenvalue weighted by molar-refractivity contribution is 5.56. The molecule has 5 atom stereocenters. The average Bonchev–Trinajstić information content (AvgIpc) is 3.06. The molecule has 0 spiro atoms. The lowest BCUT2D eigenvalue weighted by Crippen LogP contribution is -2.52. The van der Waals surface area contributed by atoms with Crippen LogP contribution in [0, 0.1) is 0 Å². The molecule has 5 heteroatoms. The Morgan fingerprint density at radius 1 is 1.32 bits per heavy atom. The summed E-state index contributed by atoms with van der Waals surface area (Å²) >= 11 is 0. The molecule has 5 rings (SSSR count). The number of hydrogen-bond acceptors (Lipinski definition) is 5. The molecule has 3 aliphatic heterocycles. The molecular formula is C17H19NO4. The Bertz CT molecular complexity index is 673. The zero-order valence-electron chi connectivity index (χ0n) is 12.5. The second-order valence-corrected chi connectivity index (χ2v) is 6.63. The van der Waals surface area contributed by atoms with E-state index in [0.29, 0.717) is 6.54 Å². The number of fused-ring (bicyclic) bond motifs is 2. The Morgan fingerprint density at radius 3 is 2.95 bits per heavy atom. The van der Waals surface area contributed by atoms with Crippen LogP contribution in [0.5, 0.6) is 11.5 Å². The van der Waals surface area contributed by atoms with Gasteiger partial charge in [-0.25, -0.2) is 0 Å². The number of hydrogen-bond donors (Lipinski definition) is 1. The van der Waals surface area contributed by atoms with Gasteiger partial charge in [0.05, 0.1) is 17.6 Å². The van der Waals surface area contributed by atoms with Crippen molar-refractivity contribution in [2.45, 2.75) is 36.6 Å². The summed E-state index contributed by atoms with van der Waals surface area (Å²) in [6.07, 6.45) is 4.91. The molecule has 0 radical (unpaired) electrons.